The highest BCUT2D eigenvalue weighted by molar-refractivity contribution is 6.30. The number of nitrogens with one attached hydrogen (secondary N) is 1. The van der Waals surface area contributed by atoms with E-state index in [9.17, 15) is 30.0 Å². The van der Waals surface area contributed by atoms with Crippen LogP contribution >= 0.6 is 0 Å². The molecule has 0 bridgehead atoms. The van der Waals surface area contributed by atoms with E-state index in [1.54, 1.807) is 24.3 Å². The molecule has 5 unspecified atom stereocenters. The standard InChI is InChI=1S/C37H41N5O9/c38-26-16-20(12-14-41-26)13-15-49-35-33(48)31(46)25(18-43)50-36(35)51-34-24(17-42-37(39)40)21(11-10-19-6-2-1-3-7-19)27-28(32(34)47)30(45)23-9-5-4-8-22(23)29(27)44/h1-9,12,16,25,31,33,35-36,41,43,46-48H,10-11,13-15,17-18,38H2,(H4,39,40,42). The highest BCUT2D eigenvalue weighted by Crippen LogP contribution is 2.46. The van der Waals surface area contributed by atoms with Crippen LogP contribution in [0.2, 0.25) is 0 Å². The van der Waals surface area contributed by atoms with Crippen LogP contribution in [0.1, 0.15) is 55.0 Å². The Morgan fingerprint density at radius 3 is 2.27 bits per heavy atom. The van der Waals surface area contributed by atoms with Crippen molar-refractivity contribution >= 4 is 17.5 Å². The number of carbonyl (C=O) groups is 2. The number of hydrogen-bond acceptors (Lipinski definition) is 12. The number of hydrogen-bond donors (Lipinski definition) is 8. The number of dihydropyridines is 1. The molecule has 1 aliphatic carbocycles. The van der Waals surface area contributed by atoms with Gasteiger partial charge in [0.05, 0.1) is 31.1 Å². The Labute approximate surface area is 293 Å². The second kappa shape index (κ2) is 15.3. The summed E-state index contributed by atoms with van der Waals surface area (Å²) in [6, 6.07) is 15.8. The van der Waals surface area contributed by atoms with Gasteiger partial charge in [-0.15, -0.1) is 0 Å². The summed E-state index contributed by atoms with van der Waals surface area (Å²) >= 11 is 0. The third kappa shape index (κ3) is 7.31. The third-order valence-corrected chi connectivity index (χ3v) is 9.21. The number of phenols is 1. The Kier molecular flexibility index (Phi) is 10.7. The summed E-state index contributed by atoms with van der Waals surface area (Å²) in [6.07, 6.45) is -2.62. The average molecular weight is 700 g/mol. The number of aliphatic hydroxyl groups excluding tert-OH is 3. The maximum Gasteiger partial charge on any atom is 0.229 e. The van der Waals surface area contributed by atoms with Crippen molar-refractivity contribution in [3.63, 3.8) is 0 Å². The molecule has 1 fully saturated rings. The number of allylic oxidation sites excluding steroid dienone is 1. The van der Waals surface area contributed by atoms with Gasteiger partial charge in [0.25, 0.3) is 0 Å². The van der Waals surface area contributed by atoms with E-state index in [2.05, 4.69) is 10.3 Å². The minimum Gasteiger partial charge on any atom is -0.504 e. The molecule has 268 valence electrons. The van der Waals surface area contributed by atoms with Crippen LogP contribution in [0.15, 0.2) is 83.1 Å². The quantitative estimate of drug-likeness (QED) is 0.0749. The van der Waals surface area contributed by atoms with E-state index in [0.717, 1.165) is 11.1 Å². The van der Waals surface area contributed by atoms with Gasteiger partial charge in [-0.1, -0.05) is 60.7 Å². The van der Waals surface area contributed by atoms with Gasteiger partial charge in [-0.3, -0.25) is 9.59 Å². The number of aliphatic imine (C=N–C) groups is 1. The zero-order valence-corrected chi connectivity index (χ0v) is 27.7. The number of nitrogens with two attached hydrogens (primary N) is 3. The maximum absolute atomic E-state index is 14.2. The lowest BCUT2D eigenvalue weighted by atomic mass is 9.78. The lowest BCUT2D eigenvalue weighted by Crippen LogP contribution is -2.61. The molecule has 14 heteroatoms. The van der Waals surface area contributed by atoms with Crippen LogP contribution in [0.3, 0.4) is 0 Å². The van der Waals surface area contributed by atoms with Crippen LogP contribution in [-0.4, -0.2) is 88.4 Å². The van der Waals surface area contributed by atoms with Crippen LogP contribution < -0.4 is 27.3 Å². The average Bonchev–Trinajstić information content (AvgIpc) is 3.13. The SMILES string of the molecule is NC1=CC(CCOC2C(Oc3c(O)c4c(c(CCc5ccccc5)c3CN=C(N)N)C(=O)c3ccccc3C4=O)OC(CO)C(O)C2O)=CCN1. The van der Waals surface area contributed by atoms with Crippen molar-refractivity contribution in [2.45, 2.75) is 56.5 Å². The molecule has 3 aromatic rings. The van der Waals surface area contributed by atoms with Crippen molar-refractivity contribution in [2.75, 3.05) is 19.8 Å². The second-order valence-electron chi connectivity index (χ2n) is 12.5. The number of phenolic OH excluding ortho intramolecular Hbond substituents is 1. The van der Waals surface area contributed by atoms with Gasteiger partial charge in [0.2, 0.25) is 6.29 Å². The molecular formula is C37H41N5O9. The van der Waals surface area contributed by atoms with Gasteiger partial charge in [0, 0.05) is 28.8 Å². The minimum absolute atomic E-state index is 0.00361. The molecule has 6 rings (SSSR count). The summed E-state index contributed by atoms with van der Waals surface area (Å²) in [5, 5.41) is 46.9. The minimum atomic E-state index is -1.60. The first-order valence-corrected chi connectivity index (χ1v) is 16.6. The monoisotopic (exact) mass is 699 g/mol. The Morgan fingerprint density at radius 2 is 1.61 bits per heavy atom. The molecule has 3 aromatic carbocycles. The van der Waals surface area contributed by atoms with Gasteiger partial charge in [-0.05, 0) is 42.0 Å². The number of ether oxygens (including phenoxy) is 3. The Hall–Kier alpha value is -5.25. The molecule has 2 aliphatic heterocycles. The number of aromatic hydroxyl groups is 1. The number of rotatable bonds is 12. The largest absolute Gasteiger partial charge is 0.504 e. The fourth-order valence-corrected chi connectivity index (χ4v) is 6.63. The molecule has 0 saturated carbocycles. The smallest absolute Gasteiger partial charge is 0.229 e. The molecule has 1 saturated heterocycles. The van der Waals surface area contributed by atoms with Crippen molar-refractivity contribution in [1.29, 1.82) is 0 Å². The van der Waals surface area contributed by atoms with E-state index in [-0.39, 0.29) is 59.1 Å². The summed E-state index contributed by atoms with van der Waals surface area (Å²) in [5.41, 5.74) is 19.8. The van der Waals surface area contributed by atoms with Crippen molar-refractivity contribution in [3.05, 3.63) is 117 Å². The summed E-state index contributed by atoms with van der Waals surface area (Å²) in [5.74, 6) is -1.79. The number of nitrogens with zero attached hydrogens (tertiary/aromatic N) is 1. The molecular weight excluding hydrogens is 658 g/mol. The van der Waals surface area contributed by atoms with Crippen LogP contribution in [-0.2, 0) is 28.9 Å². The van der Waals surface area contributed by atoms with E-state index in [4.69, 9.17) is 31.4 Å². The van der Waals surface area contributed by atoms with Crippen molar-refractivity contribution in [2.24, 2.45) is 22.2 Å². The predicted octanol–water partition coefficient (Wildman–Crippen LogP) is 0.649. The second-order valence-corrected chi connectivity index (χ2v) is 12.5. The number of guanidine groups is 1. The van der Waals surface area contributed by atoms with E-state index in [1.807, 2.05) is 36.4 Å². The molecule has 0 radical (unpaired) electrons. The number of aryl methyl sites for hydroxylation is 1. The summed E-state index contributed by atoms with van der Waals surface area (Å²) < 4.78 is 18.3. The zero-order valence-electron chi connectivity index (χ0n) is 27.7. The number of carbonyl (C=O) groups excluding carboxylic acids is 2. The van der Waals surface area contributed by atoms with E-state index in [1.165, 1.54) is 6.07 Å². The number of benzene rings is 3. The molecule has 14 nitrogen and oxygen atoms in total. The fraction of sp³-hybridized carbons (Fsp3) is 0.324. The molecule has 11 N–H and O–H groups in total. The van der Waals surface area contributed by atoms with Crippen LogP contribution in [0, 0.1) is 0 Å². The van der Waals surface area contributed by atoms with E-state index >= 15 is 0 Å². The topological polar surface area (TPSA) is 245 Å². The predicted molar refractivity (Wildman–Crippen MR) is 186 cm³/mol. The van der Waals surface area contributed by atoms with Crippen molar-refractivity contribution < 1.29 is 44.2 Å². The molecule has 2 heterocycles. The van der Waals surface area contributed by atoms with Crippen molar-refractivity contribution in [3.8, 4) is 11.5 Å². The first-order chi connectivity index (χ1) is 24.6. The van der Waals surface area contributed by atoms with Gasteiger partial charge in [0.15, 0.2) is 29.0 Å². The summed E-state index contributed by atoms with van der Waals surface area (Å²) in [4.78, 5) is 32.4. The maximum atomic E-state index is 14.2. The Balaban J connectivity index is 1.46. The van der Waals surface area contributed by atoms with Gasteiger partial charge < -0.3 is 57.2 Å². The fourth-order valence-electron chi connectivity index (χ4n) is 6.63. The first kappa shape index (κ1) is 35.6. The molecule has 3 aliphatic rings. The molecule has 51 heavy (non-hydrogen) atoms. The van der Waals surface area contributed by atoms with Crippen LogP contribution in [0.5, 0.6) is 11.5 Å². The number of ketones is 2. The first-order valence-electron chi connectivity index (χ1n) is 16.6. The Morgan fingerprint density at radius 1 is 0.922 bits per heavy atom. The van der Waals surface area contributed by atoms with Crippen LogP contribution in [0.4, 0.5) is 0 Å². The zero-order chi connectivity index (χ0) is 36.2. The van der Waals surface area contributed by atoms with E-state index in [0.29, 0.717) is 30.8 Å². The molecule has 0 spiro atoms. The molecule has 0 amide bonds. The number of aliphatic hydroxyl groups is 3. The lowest BCUT2D eigenvalue weighted by molar-refractivity contribution is -0.287. The van der Waals surface area contributed by atoms with Crippen LogP contribution in [0.25, 0.3) is 0 Å². The third-order valence-electron chi connectivity index (χ3n) is 9.21. The highest BCUT2D eigenvalue weighted by Gasteiger charge is 2.47. The van der Waals surface area contributed by atoms with Gasteiger partial charge in [-0.2, -0.15) is 0 Å². The highest BCUT2D eigenvalue weighted by atomic mass is 16.7. The number of fused-ring (bicyclic) bond motifs is 2. The normalized spacial score (nSPS) is 22.6. The molecule has 5 atom stereocenters. The lowest BCUT2D eigenvalue weighted by Gasteiger charge is -2.42. The van der Waals surface area contributed by atoms with Gasteiger partial charge in [-0.25, -0.2) is 4.99 Å². The molecule has 0 aromatic heterocycles. The Bertz CT molecular complexity index is 1890. The summed E-state index contributed by atoms with van der Waals surface area (Å²) in [6.45, 7) is -0.378. The summed E-state index contributed by atoms with van der Waals surface area (Å²) in [7, 11) is 0. The van der Waals surface area contributed by atoms with Crippen molar-refractivity contribution in [1.82, 2.24) is 5.32 Å². The van der Waals surface area contributed by atoms with Gasteiger partial charge in [0.1, 0.15) is 24.4 Å². The van der Waals surface area contributed by atoms with Gasteiger partial charge >= 0.3 is 0 Å². The van der Waals surface area contributed by atoms with E-state index < -0.39 is 54.6 Å².